The van der Waals surface area contributed by atoms with Crippen LogP contribution < -0.4 is 5.32 Å². The molecule has 0 amide bonds. The van der Waals surface area contributed by atoms with Crippen LogP contribution in [-0.2, 0) is 11.3 Å². The summed E-state index contributed by atoms with van der Waals surface area (Å²) in [6.45, 7) is 1.07. The topological polar surface area (TPSA) is 62.2 Å². The van der Waals surface area contributed by atoms with Crippen LogP contribution in [0.4, 0.5) is 0 Å². The first-order valence-electron chi connectivity index (χ1n) is 5.68. The van der Waals surface area contributed by atoms with Gasteiger partial charge in [0.05, 0.1) is 12.1 Å². The van der Waals surface area contributed by atoms with Gasteiger partial charge in [-0.15, -0.1) is 11.3 Å². The predicted octanol–water partition coefficient (Wildman–Crippen LogP) is 2.37. The second-order valence-electron chi connectivity index (χ2n) is 3.83. The molecule has 2 rings (SSSR count). The molecule has 1 heterocycles. The summed E-state index contributed by atoms with van der Waals surface area (Å²) in [5.74, 6) is -0.786. The number of carboxylic acids is 1. The van der Waals surface area contributed by atoms with Gasteiger partial charge in [-0.2, -0.15) is 0 Å². The van der Waals surface area contributed by atoms with Crippen LogP contribution in [0.15, 0.2) is 35.7 Å². The number of nitrogens with one attached hydrogen (secondary N) is 1. The Morgan fingerprint density at radius 3 is 2.83 bits per heavy atom. The molecular formula is C13H14N2O2S. The Bertz CT molecular complexity index is 511. The van der Waals surface area contributed by atoms with Gasteiger partial charge in [-0.3, -0.25) is 4.79 Å². The second kappa shape index (κ2) is 6.28. The summed E-state index contributed by atoms with van der Waals surface area (Å²) in [4.78, 5) is 14.9. The number of aliphatic carboxylic acids is 1. The van der Waals surface area contributed by atoms with E-state index in [1.807, 2.05) is 35.7 Å². The highest BCUT2D eigenvalue weighted by Gasteiger charge is 2.04. The van der Waals surface area contributed by atoms with Crippen molar-refractivity contribution >= 4 is 17.3 Å². The SMILES string of the molecule is O=C(O)CCNCc1csc(-c2ccccc2)n1. The van der Waals surface area contributed by atoms with Gasteiger partial charge in [-0.1, -0.05) is 30.3 Å². The van der Waals surface area contributed by atoms with Gasteiger partial charge >= 0.3 is 5.97 Å². The molecule has 94 valence electrons. The molecule has 0 spiro atoms. The first-order valence-corrected chi connectivity index (χ1v) is 6.56. The van der Waals surface area contributed by atoms with Crippen molar-refractivity contribution in [3.8, 4) is 10.6 Å². The number of aromatic nitrogens is 1. The van der Waals surface area contributed by atoms with E-state index < -0.39 is 5.97 Å². The lowest BCUT2D eigenvalue weighted by molar-refractivity contribution is -0.136. The fourth-order valence-corrected chi connectivity index (χ4v) is 2.34. The van der Waals surface area contributed by atoms with Gasteiger partial charge in [-0.25, -0.2) is 4.98 Å². The van der Waals surface area contributed by atoms with Gasteiger partial charge in [-0.05, 0) is 0 Å². The highest BCUT2D eigenvalue weighted by Crippen LogP contribution is 2.22. The van der Waals surface area contributed by atoms with Crippen LogP contribution in [-0.4, -0.2) is 22.6 Å². The van der Waals surface area contributed by atoms with Crippen LogP contribution >= 0.6 is 11.3 Å². The summed E-state index contributed by atoms with van der Waals surface area (Å²) >= 11 is 1.60. The number of rotatable bonds is 6. The van der Waals surface area contributed by atoms with Crippen molar-refractivity contribution in [1.29, 1.82) is 0 Å². The van der Waals surface area contributed by atoms with Crippen molar-refractivity contribution in [1.82, 2.24) is 10.3 Å². The largest absolute Gasteiger partial charge is 0.481 e. The highest BCUT2D eigenvalue weighted by molar-refractivity contribution is 7.13. The fraction of sp³-hybridized carbons (Fsp3) is 0.231. The summed E-state index contributed by atoms with van der Waals surface area (Å²) in [5.41, 5.74) is 2.06. The molecule has 18 heavy (non-hydrogen) atoms. The number of benzene rings is 1. The van der Waals surface area contributed by atoms with Crippen molar-refractivity contribution in [3.05, 3.63) is 41.4 Å². The Morgan fingerprint density at radius 1 is 1.33 bits per heavy atom. The van der Waals surface area contributed by atoms with Crippen LogP contribution in [0.5, 0.6) is 0 Å². The molecule has 0 aliphatic rings. The van der Waals surface area contributed by atoms with Crippen molar-refractivity contribution in [2.75, 3.05) is 6.54 Å². The third-order valence-electron chi connectivity index (χ3n) is 2.39. The van der Waals surface area contributed by atoms with E-state index in [0.29, 0.717) is 13.1 Å². The zero-order valence-electron chi connectivity index (χ0n) is 9.80. The minimum absolute atomic E-state index is 0.135. The quantitative estimate of drug-likeness (QED) is 0.785. The van der Waals surface area contributed by atoms with Gasteiger partial charge in [0.25, 0.3) is 0 Å². The van der Waals surface area contributed by atoms with Crippen molar-refractivity contribution in [2.45, 2.75) is 13.0 Å². The highest BCUT2D eigenvalue weighted by atomic mass is 32.1. The van der Waals surface area contributed by atoms with Gasteiger partial charge in [0, 0.05) is 24.0 Å². The van der Waals surface area contributed by atoms with Crippen LogP contribution in [0.3, 0.4) is 0 Å². The summed E-state index contributed by atoms with van der Waals surface area (Å²) in [5, 5.41) is 14.6. The molecule has 0 saturated heterocycles. The molecule has 0 aliphatic carbocycles. The molecule has 0 saturated carbocycles. The molecule has 0 unspecified atom stereocenters. The third-order valence-corrected chi connectivity index (χ3v) is 3.33. The summed E-state index contributed by atoms with van der Waals surface area (Å²) in [6, 6.07) is 10.0. The monoisotopic (exact) mass is 262 g/mol. The zero-order valence-corrected chi connectivity index (χ0v) is 10.6. The number of carbonyl (C=O) groups is 1. The minimum atomic E-state index is -0.786. The Balaban J connectivity index is 1.89. The number of nitrogens with zero attached hydrogens (tertiary/aromatic N) is 1. The number of hydrogen-bond donors (Lipinski definition) is 2. The van der Waals surface area contributed by atoms with Crippen LogP contribution in [0, 0.1) is 0 Å². The first-order chi connectivity index (χ1) is 8.75. The molecule has 1 aromatic heterocycles. The van der Waals surface area contributed by atoms with Crippen LogP contribution in [0.25, 0.3) is 10.6 Å². The molecule has 0 bridgehead atoms. The lowest BCUT2D eigenvalue weighted by Crippen LogP contribution is -2.17. The lowest BCUT2D eigenvalue weighted by Gasteiger charge is -1.99. The van der Waals surface area contributed by atoms with Gasteiger partial charge in [0.15, 0.2) is 0 Å². The molecule has 0 radical (unpaired) electrons. The molecule has 0 atom stereocenters. The summed E-state index contributed by atoms with van der Waals surface area (Å²) in [6.07, 6.45) is 0.135. The maximum Gasteiger partial charge on any atom is 0.304 e. The van der Waals surface area contributed by atoms with Gasteiger partial charge in [0.2, 0.25) is 0 Å². The molecule has 4 nitrogen and oxygen atoms in total. The van der Waals surface area contributed by atoms with E-state index >= 15 is 0 Å². The third kappa shape index (κ3) is 3.65. The molecule has 5 heteroatoms. The molecule has 1 aromatic carbocycles. The molecular weight excluding hydrogens is 248 g/mol. The summed E-state index contributed by atoms with van der Waals surface area (Å²) < 4.78 is 0. The molecule has 2 N–H and O–H groups in total. The summed E-state index contributed by atoms with van der Waals surface area (Å²) in [7, 11) is 0. The van der Waals surface area contributed by atoms with E-state index in [1.54, 1.807) is 11.3 Å². The average molecular weight is 262 g/mol. The molecule has 2 aromatic rings. The fourth-order valence-electron chi connectivity index (χ4n) is 1.51. The van der Waals surface area contributed by atoms with Crippen molar-refractivity contribution in [3.63, 3.8) is 0 Å². The van der Waals surface area contributed by atoms with Crippen LogP contribution in [0.2, 0.25) is 0 Å². The Hall–Kier alpha value is -1.72. The van der Waals surface area contributed by atoms with E-state index in [-0.39, 0.29) is 6.42 Å². The van der Waals surface area contributed by atoms with E-state index in [0.717, 1.165) is 16.3 Å². The van der Waals surface area contributed by atoms with Crippen LogP contribution in [0.1, 0.15) is 12.1 Å². The van der Waals surface area contributed by atoms with E-state index in [4.69, 9.17) is 5.11 Å². The first kappa shape index (κ1) is 12.7. The maximum atomic E-state index is 10.3. The zero-order chi connectivity index (χ0) is 12.8. The number of thiazole rings is 1. The van der Waals surface area contributed by atoms with Crippen molar-refractivity contribution < 1.29 is 9.90 Å². The average Bonchev–Trinajstić information content (AvgIpc) is 2.84. The second-order valence-corrected chi connectivity index (χ2v) is 4.69. The van der Waals surface area contributed by atoms with Gasteiger partial charge in [0.1, 0.15) is 5.01 Å². The molecule has 0 fully saturated rings. The number of carboxylic acid groups (broad SMARTS) is 1. The molecule has 0 aliphatic heterocycles. The van der Waals surface area contributed by atoms with E-state index in [1.165, 1.54) is 0 Å². The number of hydrogen-bond acceptors (Lipinski definition) is 4. The van der Waals surface area contributed by atoms with Crippen molar-refractivity contribution in [2.24, 2.45) is 0 Å². The normalized spacial score (nSPS) is 10.4. The smallest absolute Gasteiger partial charge is 0.304 e. The Labute approximate surface area is 109 Å². The maximum absolute atomic E-state index is 10.3. The predicted molar refractivity (Wildman–Crippen MR) is 71.5 cm³/mol. The minimum Gasteiger partial charge on any atom is -0.481 e. The Kier molecular flexibility index (Phi) is 4.44. The van der Waals surface area contributed by atoms with Gasteiger partial charge < -0.3 is 10.4 Å². The standard InChI is InChI=1S/C13H14N2O2S/c16-12(17)6-7-14-8-11-9-18-13(15-11)10-4-2-1-3-5-10/h1-5,9,14H,6-8H2,(H,16,17). The Morgan fingerprint density at radius 2 is 2.11 bits per heavy atom. The van der Waals surface area contributed by atoms with E-state index in [2.05, 4.69) is 10.3 Å². The van der Waals surface area contributed by atoms with E-state index in [9.17, 15) is 4.79 Å². The lowest BCUT2D eigenvalue weighted by atomic mass is 10.2.